The number of anilines is 1. The Labute approximate surface area is 181 Å². The van der Waals surface area contributed by atoms with Crippen molar-refractivity contribution in [1.29, 1.82) is 0 Å². The van der Waals surface area contributed by atoms with E-state index in [1.54, 1.807) is 19.1 Å². The van der Waals surface area contributed by atoms with Gasteiger partial charge in [-0.2, -0.15) is 0 Å². The van der Waals surface area contributed by atoms with Gasteiger partial charge < -0.3 is 19.3 Å². The maximum Gasteiger partial charge on any atom is 0.227 e. The summed E-state index contributed by atoms with van der Waals surface area (Å²) < 4.78 is 11.5. The van der Waals surface area contributed by atoms with Gasteiger partial charge >= 0.3 is 0 Å². The minimum Gasteiger partial charge on any atom is -0.493 e. The molecule has 156 valence electrons. The number of likely N-dealkylation sites (N-methyl/N-ethyl adjacent to an activating group) is 1. The lowest BCUT2D eigenvalue weighted by Gasteiger charge is -2.29. The van der Waals surface area contributed by atoms with E-state index in [0.29, 0.717) is 24.5 Å². The van der Waals surface area contributed by atoms with E-state index in [0.717, 1.165) is 28.7 Å². The minimum absolute atomic E-state index is 0.0537. The maximum atomic E-state index is 12.8. The van der Waals surface area contributed by atoms with Crippen LogP contribution in [-0.2, 0) is 17.8 Å². The standard InChI is InChI=1S/C23H29BrN2O3/c1-25(16-17-7-9-19(10-8-17)26-11-5-4-6-12-26)23(27)14-18-13-21(28-2)22(29-3)15-20(18)24/h7-10,13,15H,4-6,11-12,14,16H2,1-3H3. The number of piperidine rings is 1. The van der Waals surface area contributed by atoms with E-state index in [1.165, 1.54) is 24.9 Å². The Hall–Kier alpha value is -2.21. The largest absolute Gasteiger partial charge is 0.493 e. The molecular weight excluding hydrogens is 432 g/mol. The molecule has 0 aliphatic carbocycles. The van der Waals surface area contributed by atoms with Crippen LogP contribution >= 0.6 is 15.9 Å². The number of carbonyl (C=O) groups is 1. The lowest BCUT2D eigenvalue weighted by atomic mass is 10.1. The van der Waals surface area contributed by atoms with Gasteiger partial charge in [-0.3, -0.25) is 4.79 Å². The van der Waals surface area contributed by atoms with Crippen molar-refractivity contribution in [2.75, 3.05) is 39.3 Å². The van der Waals surface area contributed by atoms with Crippen LogP contribution in [0.15, 0.2) is 40.9 Å². The number of hydrogen-bond acceptors (Lipinski definition) is 4. The molecule has 0 radical (unpaired) electrons. The molecule has 1 fully saturated rings. The summed E-state index contributed by atoms with van der Waals surface area (Å²) in [6, 6.07) is 12.3. The van der Waals surface area contributed by atoms with Crippen LogP contribution in [0.3, 0.4) is 0 Å². The summed E-state index contributed by atoms with van der Waals surface area (Å²) in [6.07, 6.45) is 4.16. The van der Waals surface area contributed by atoms with Crippen LogP contribution in [0.1, 0.15) is 30.4 Å². The molecule has 0 atom stereocenters. The Kier molecular flexibility index (Phi) is 7.42. The summed E-state index contributed by atoms with van der Waals surface area (Å²) in [5.74, 6) is 1.31. The first-order chi connectivity index (χ1) is 14.0. The molecule has 1 saturated heterocycles. The fourth-order valence-corrected chi connectivity index (χ4v) is 4.12. The van der Waals surface area contributed by atoms with Gasteiger partial charge in [-0.25, -0.2) is 0 Å². The fraction of sp³-hybridized carbons (Fsp3) is 0.435. The van der Waals surface area contributed by atoms with Crippen molar-refractivity contribution in [3.63, 3.8) is 0 Å². The topological polar surface area (TPSA) is 42.0 Å². The van der Waals surface area contributed by atoms with E-state index in [1.807, 2.05) is 19.2 Å². The Morgan fingerprint density at radius 3 is 2.28 bits per heavy atom. The van der Waals surface area contributed by atoms with Gasteiger partial charge in [-0.1, -0.05) is 28.1 Å². The summed E-state index contributed by atoms with van der Waals surface area (Å²) in [4.78, 5) is 17.0. The predicted octanol–water partition coefficient (Wildman–Crippen LogP) is 4.66. The van der Waals surface area contributed by atoms with E-state index in [-0.39, 0.29) is 5.91 Å². The molecule has 1 amide bonds. The van der Waals surface area contributed by atoms with E-state index < -0.39 is 0 Å². The molecule has 29 heavy (non-hydrogen) atoms. The third kappa shape index (κ3) is 5.44. The van der Waals surface area contributed by atoms with Gasteiger partial charge in [0.25, 0.3) is 0 Å². The van der Waals surface area contributed by atoms with Gasteiger partial charge in [0.2, 0.25) is 5.91 Å². The van der Waals surface area contributed by atoms with E-state index in [9.17, 15) is 4.79 Å². The van der Waals surface area contributed by atoms with E-state index in [4.69, 9.17) is 9.47 Å². The van der Waals surface area contributed by atoms with Gasteiger partial charge in [-0.15, -0.1) is 0 Å². The van der Waals surface area contributed by atoms with Crippen molar-refractivity contribution >= 4 is 27.5 Å². The number of halogens is 1. The van der Waals surface area contributed by atoms with Crippen molar-refractivity contribution in [2.45, 2.75) is 32.2 Å². The Bertz CT molecular complexity index is 833. The van der Waals surface area contributed by atoms with Gasteiger partial charge in [0, 0.05) is 36.8 Å². The normalized spacial score (nSPS) is 13.9. The Morgan fingerprint density at radius 2 is 1.66 bits per heavy atom. The summed E-state index contributed by atoms with van der Waals surface area (Å²) in [5.41, 5.74) is 3.28. The molecule has 2 aromatic carbocycles. The summed E-state index contributed by atoms with van der Waals surface area (Å²) in [6.45, 7) is 2.86. The van der Waals surface area contributed by atoms with Gasteiger partial charge in [0.05, 0.1) is 20.6 Å². The quantitative estimate of drug-likeness (QED) is 0.602. The molecule has 1 aliphatic rings. The van der Waals surface area contributed by atoms with E-state index >= 15 is 0 Å². The molecule has 0 aromatic heterocycles. The van der Waals surface area contributed by atoms with Crippen molar-refractivity contribution in [3.8, 4) is 11.5 Å². The number of amides is 1. The smallest absolute Gasteiger partial charge is 0.227 e. The summed E-state index contributed by atoms with van der Waals surface area (Å²) in [7, 11) is 5.03. The zero-order valence-electron chi connectivity index (χ0n) is 17.4. The zero-order valence-corrected chi connectivity index (χ0v) is 19.0. The first-order valence-electron chi connectivity index (χ1n) is 10.00. The molecular formula is C23H29BrN2O3. The molecule has 1 aliphatic heterocycles. The number of methoxy groups -OCH3 is 2. The first-order valence-corrected chi connectivity index (χ1v) is 10.8. The molecule has 0 spiro atoms. The molecule has 3 rings (SSSR count). The van der Waals surface area contributed by atoms with Crippen LogP contribution in [0.25, 0.3) is 0 Å². The van der Waals surface area contributed by atoms with Crippen LogP contribution in [0, 0.1) is 0 Å². The average Bonchev–Trinajstić information content (AvgIpc) is 2.75. The number of nitrogens with zero attached hydrogens (tertiary/aromatic N) is 2. The molecule has 0 saturated carbocycles. The highest BCUT2D eigenvalue weighted by atomic mass is 79.9. The number of ether oxygens (including phenoxy) is 2. The highest BCUT2D eigenvalue weighted by Gasteiger charge is 2.16. The summed E-state index contributed by atoms with van der Waals surface area (Å²) in [5, 5.41) is 0. The lowest BCUT2D eigenvalue weighted by molar-refractivity contribution is -0.129. The van der Waals surface area contributed by atoms with Gasteiger partial charge in [-0.05, 0) is 54.7 Å². The maximum absolute atomic E-state index is 12.8. The zero-order chi connectivity index (χ0) is 20.8. The molecule has 0 unspecified atom stereocenters. The molecule has 1 heterocycles. The van der Waals surface area contributed by atoms with Gasteiger partial charge in [0.15, 0.2) is 11.5 Å². The molecule has 5 nitrogen and oxygen atoms in total. The average molecular weight is 461 g/mol. The third-order valence-electron chi connectivity index (χ3n) is 5.40. The highest BCUT2D eigenvalue weighted by Crippen LogP contribution is 2.33. The highest BCUT2D eigenvalue weighted by molar-refractivity contribution is 9.10. The van der Waals surface area contributed by atoms with Crippen molar-refractivity contribution in [3.05, 3.63) is 52.0 Å². The van der Waals surface area contributed by atoms with Crippen LogP contribution in [0.5, 0.6) is 11.5 Å². The second kappa shape index (κ2) is 10.0. The second-order valence-corrected chi connectivity index (χ2v) is 8.29. The lowest BCUT2D eigenvalue weighted by Crippen LogP contribution is -2.29. The first kappa shape index (κ1) is 21.5. The summed E-state index contributed by atoms with van der Waals surface area (Å²) >= 11 is 3.53. The van der Waals surface area contributed by atoms with Crippen LogP contribution in [0.4, 0.5) is 5.69 Å². The minimum atomic E-state index is 0.0537. The fourth-order valence-electron chi connectivity index (χ4n) is 3.66. The van der Waals surface area contributed by atoms with Crippen LogP contribution < -0.4 is 14.4 Å². The number of carbonyl (C=O) groups excluding carboxylic acids is 1. The van der Waals surface area contributed by atoms with Gasteiger partial charge in [0.1, 0.15) is 0 Å². The molecule has 0 N–H and O–H groups in total. The number of benzene rings is 2. The molecule has 6 heteroatoms. The SMILES string of the molecule is COc1cc(Br)c(CC(=O)N(C)Cc2ccc(N3CCCCC3)cc2)cc1OC. The van der Waals surface area contributed by atoms with Crippen molar-refractivity contribution < 1.29 is 14.3 Å². The Morgan fingerprint density at radius 1 is 1.03 bits per heavy atom. The van der Waals surface area contributed by atoms with Crippen molar-refractivity contribution in [1.82, 2.24) is 4.90 Å². The monoisotopic (exact) mass is 460 g/mol. The third-order valence-corrected chi connectivity index (χ3v) is 6.14. The number of hydrogen-bond donors (Lipinski definition) is 0. The number of rotatable bonds is 7. The molecule has 2 aromatic rings. The Balaban J connectivity index is 1.62. The predicted molar refractivity (Wildman–Crippen MR) is 120 cm³/mol. The van der Waals surface area contributed by atoms with E-state index in [2.05, 4.69) is 45.1 Å². The van der Waals surface area contributed by atoms with Crippen molar-refractivity contribution in [2.24, 2.45) is 0 Å². The van der Waals surface area contributed by atoms with Crippen LogP contribution in [0.2, 0.25) is 0 Å². The second-order valence-electron chi connectivity index (χ2n) is 7.44. The van der Waals surface area contributed by atoms with Crippen LogP contribution in [-0.4, -0.2) is 45.2 Å². The molecule has 0 bridgehead atoms.